The number of nitrogens with zero attached hydrogens (tertiary/aromatic N) is 2. The van der Waals surface area contributed by atoms with Crippen LogP contribution in [0.25, 0.3) is 33.2 Å². The minimum atomic E-state index is 0.662. The zero-order chi connectivity index (χ0) is 16.8. The first-order valence-electron chi connectivity index (χ1n) is 7.91. The third kappa shape index (κ3) is 2.08. The third-order valence-electron chi connectivity index (χ3n) is 4.56. The summed E-state index contributed by atoms with van der Waals surface area (Å²) < 4.78 is 8.18. The van der Waals surface area contributed by atoms with Crippen molar-refractivity contribution in [2.75, 3.05) is 0 Å². The van der Waals surface area contributed by atoms with E-state index in [9.17, 15) is 5.26 Å². The molecule has 0 aliphatic carbocycles. The number of benzene rings is 2. The topological polar surface area (TPSA) is 40.8 Å². The van der Waals surface area contributed by atoms with Gasteiger partial charge in [-0.15, -0.1) is 0 Å². The van der Waals surface area contributed by atoms with Gasteiger partial charge in [0.05, 0.1) is 11.6 Å². The van der Waals surface area contributed by atoms with Crippen LogP contribution in [0.1, 0.15) is 16.7 Å². The Labute approximate surface area is 140 Å². The van der Waals surface area contributed by atoms with Gasteiger partial charge in [0.2, 0.25) is 5.69 Å². The summed E-state index contributed by atoms with van der Waals surface area (Å²) in [6.45, 7) is 4.08. The molecular weight excluding hydrogens is 296 g/mol. The first kappa shape index (κ1) is 14.5. The second-order valence-electron chi connectivity index (χ2n) is 6.24. The highest BCUT2D eigenvalue weighted by molar-refractivity contribution is 6.07. The van der Waals surface area contributed by atoms with Gasteiger partial charge in [0.1, 0.15) is 18.2 Å². The molecule has 0 radical (unpaired) electrons. The summed E-state index contributed by atoms with van der Waals surface area (Å²) in [6.07, 6.45) is 2.05. The maximum atomic E-state index is 9.26. The van der Waals surface area contributed by atoms with Crippen LogP contribution in [0.4, 0.5) is 0 Å². The molecule has 0 saturated carbocycles. The molecule has 2 heterocycles. The van der Waals surface area contributed by atoms with Gasteiger partial charge in [-0.05, 0) is 55.3 Å². The maximum absolute atomic E-state index is 9.26. The van der Waals surface area contributed by atoms with Gasteiger partial charge >= 0.3 is 0 Å². The van der Waals surface area contributed by atoms with E-state index >= 15 is 0 Å². The fraction of sp³-hybridized carbons (Fsp3) is 0.143. The van der Waals surface area contributed by atoms with Crippen molar-refractivity contribution in [3.8, 4) is 17.3 Å². The predicted molar refractivity (Wildman–Crippen MR) is 94.5 cm³/mol. The fourth-order valence-electron chi connectivity index (χ4n) is 3.34. The first-order chi connectivity index (χ1) is 11.6. The van der Waals surface area contributed by atoms with Gasteiger partial charge in [-0.25, -0.2) is 4.57 Å². The number of aryl methyl sites for hydroxylation is 3. The van der Waals surface area contributed by atoms with E-state index in [2.05, 4.69) is 35.8 Å². The van der Waals surface area contributed by atoms with Crippen LogP contribution in [0.15, 0.2) is 53.1 Å². The molecule has 2 aromatic heterocycles. The summed E-state index contributed by atoms with van der Waals surface area (Å²) in [7, 11) is 2.05. The van der Waals surface area contributed by atoms with E-state index in [1.54, 1.807) is 0 Å². The molecule has 0 aliphatic heterocycles. The lowest BCUT2D eigenvalue weighted by atomic mass is 10.00. The molecule has 0 aliphatic rings. The molecule has 0 N–H and O–H groups in total. The van der Waals surface area contributed by atoms with E-state index in [0.29, 0.717) is 5.56 Å². The van der Waals surface area contributed by atoms with Crippen LogP contribution in [-0.2, 0) is 7.05 Å². The molecule has 0 spiro atoms. The maximum Gasteiger partial charge on any atom is 0.212 e. The summed E-state index contributed by atoms with van der Waals surface area (Å²) in [4.78, 5) is 0. The van der Waals surface area contributed by atoms with E-state index in [1.807, 2.05) is 44.4 Å². The minimum Gasteiger partial charge on any atom is -0.456 e. The average molecular weight is 313 g/mol. The molecule has 4 rings (SSSR count). The molecular formula is C21H17N2O+. The Bertz CT molecular complexity index is 1150. The molecule has 0 unspecified atom stereocenters. The van der Waals surface area contributed by atoms with Gasteiger partial charge in [0, 0.05) is 28.5 Å². The van der Waals surface area contributed by atoms with Gasteiger partial charge in [0.25, 0.3) is 0 Å². The lowest BCUT2D eigenvalue weighted by Crippen LogP contribution is -2.30. The summed E-state index contributed by atoms with van der Waals surface area (Å²) in [6, 6.07) is 16.5. The minimum absolute atomic E-state index is 0.662. The normalized spacial score (nSPS) is 11.1. The van der Waals surface area contributed by atoms with E-state index in [0.717, 1.165) is 33.2 Å². The molecule has 24 heavy (non-hydrogen) atoms. The number of nitriles is 1. The second-order valence-corrected chi connectivity index (χ2v) is 6.24. The van der Waals surface area contributed by atoms with Crippen LogP contribution in [-0.4, -0.2) is 0 Å². The lowest BCUT2D eigenvalue weighted by Gasteiger charge is -2.04. The Hall–Kier alpha value is -3.12. The van der Waals surface area contributed by atoms with Gasteiger partial charge < -0.3 is 4.42 Å². The number of furan rings is 1. The monoisotopic (exact) mass is 313 g/mol. The molecule has 0 saturated heterocycles. The fourth-order valence-corrected chi connectivity index (χ4v) is 3.34. The third-order valence-corrected chi connectivity index (χ3v) is 4.56. The molecule has 3 heteroatoms. The predicted octanol–water partition coefficient (Wildman–Crippen LogP) is 4.57. The highest BCUT2D eigenvalue weighted by Crippen LogP contribution is 2.35. The summed E-state index contributed by atoms with van der Waals surface area (Å²) in [5.41, 5.74) is 6.87. The van der Waals surface area contributed by atoms with Crippen LogP contribution >= 0.6 is 0 Å². The molecule has 2 aromatic carbocycles. The Kier molecular flexibility index (Phi) is 3.14. The number of pyridine rings is 1. The highest BCUT2D eigenvalue weighted by Gasteiger charge is 2.17. The summed E-state index contributed by atoms with van der Waals surface area (Å²) in [5.74, 6) is 0. The average Bonchev–Trinajstić information content (AvgIpc) is 2.92. The number of aromatic nitrogens is 1. The number of rotatable bonds is 1. The Morgan fingerprint density at radius 1 is 1.00 bits per heavy atom. The first-order valence-corrected chi connectivity index (χ1v) is 7.91. The van der Waals surface area contributed by atoms with Gasteiger partial charge in [-0.1, -0.05) is 0 Å². The quantitative estimate of drug-likeness (QED) is 0.483. The summed E-state index contributed by atoms with van der Waals surface area (Å²) >= 11 is 0. The van der Waals surface area contributed by atoms with Gasteiger partial charge in [-0.3, -0.25) is 0 Å². The number of hydrogen-bond acceptors (Lipinski definition) is 2. The van der Waals surface area contributed by atoms with E-state index in [4.69, 9.17) is 4.42 Å². The zero-order valence-electron chi connectivity index (χ0n) is 13.9. The van der Waals surface area contributed by atoms with Crippen molar-refractivity contribution in [1.82, 2.24) is 0 Å². The Balaban J connectivity index is 2.10. The van der Waals surface area contributed by atoms with Gasteiger partial charge in [-0.2, -0.15) is 5.26 Å². The molecule has 0 fully saturated rings. The van der Waals surface area contributed by atoms with Crippen molar-refractivity contribution >= 4 is 21.9 Å². The highest BCUT2D eigenvalue weighted by atomic mass is 16.3. The van der Waals surface area contributed by atoms with Crippen LogP contribution < -0.4 is 4.57 Å². The Morgan fingerprint density at radius 3 is 2.58 bits per heavy atom. The standard InChI is InChI=1S/C21H17N2O/c1-13-9-20-17(11-16(13)19-6-4-5-7-23(19)3)18-10-15(12-22)8-14(2)21(18)24-20/h4-11H,1-3H3/q+1. The molecule has 0 atom stereocenters. The second kappa shape index (κ2) is 5.21. The SMILES string of the molecule is Cc1cc2oc3c(C)cc(C#N)cc3c2cc1-c1cccc[n+]1C. The molecule has 0 amide bonds. The van der Waals surface area contributed by atoms with E-state index < -0.39 is 0 Å². The lowest BCUT2D eigenvalue weighted by molar-refractivity contribution is -0.660. The van der Waals surface area contributed by atoms with Crippen molar-refractivity contribution in [3.63, 3.8) is 0 Å². The van der Waals surface area contributed by atoms with Crippen molar-refractivity contribution in [3.05, 3.63) is 65.4 Å². The Morgan fingerprint density at radius 2 is 1.83 bits per heavy atom. The van der Waals surface area contributed by atoms with Crippen LogP contribution in [0.2, 0.25) is 0 Å². The van der Waals surface area contributed by atoms with Gasteiger partial charge in [0.15, 0.2) is 6.20 Å². The van der Waals surface area contributed by atoms with Crippen LogP contribution in [0.3, 0.4) is 0 Å². The number of hydrogen-bond donors (Lipinski definition) is 0. The van der Waals surface area contributed by atoms with E-state index in [-0.39, 0.29) is 0 Å². The van der Waals surface area contributed by atoms with Crippen LogP contribution in [0.5, 0.6) is 0 Å². The zero-order valence-corrected chi connectivity index (χ0v) is 13.9. The van der Waals surface area contributed by atoms with Crippen molar-refractivity contribution < 1.29 is 8.98 Å². The summed E-state index contributed by atoms with van der Waals surface area (Å²) in [5, 5.41) is 11.3. The van der Waals surface area contributed by atoms with Crippen molar-refractivity contribution in [1.29, 1.82) is 5.26 Å². The van der Waals surface area contributed by atoms with E-state index in [1.165, 1.54) is 11.1 Å². The van der Waals surface area contributed by atoms with Crippen molar-refractivity contribution in [2.45, 2.75) is 13.8 Å². The molecule has 3 nitrogen and oxygen atoms in total. The molecule has 116 valence electrons. The molecule has 0 bridgehead atoms. The largest absolute Gasteiger partial charge is 0.456 e. The van der Waals surface area contributed by atoms with Crippen LogP contribution in [0, 0.1) is 25.2 Å². The molecule has 4 aromatic rings. The van der Waals surface area contributed by atoms with Crippen molar-refractivity contribution in [2.24, 2.45) is 7.05 Å². The number of fused-ring (bicyclic) bond motifs is 3. The smallest absolute Gasteiger partial charge is 0.212 e.